The van der Waals surface area contributed by atoms with Gasteiger partial charge < -0.3 is 10.1 Å². The average Bonchev–Trinajstić information content (AvgIpc) is 2.64. The maximum atomic E-state index is 12.6. The number of nitrogens with zero attached hydrogens (tertiary/aromatic N) is 1. The maximum absolute atomic E-state index is 12.6. The highest BCUT2D eigenvalue weighted by Crippen LogP contribution is 2.31. The predicted octanol–water partition coefficient (Wildman–Crippen LogP) is 3.18. The number of para-hydroxylation sites is 3. The summed E-state index contributed by atoms with van der Waals surface area (Å²) in [5.41, 5.74) is 3.70. The first-order valence-corrected chi connectivity index (χ1v) is 8.56. The van der Waals surface area contributed by atoms with E-state index < -0.39 is 0 Å². The highest BCUT2D eigenvalue weighted by molar-refractivity contribution is 6.05. The molecule has 0 aromatic heterocycles. The Morgan fingerprint density at radius 2 is 1.76 bits per heavy atom. The molecule has 0 atom stereocenters. The summed E-state index contributed by atoms with van der Waals surface area (Å²) >= 11 is 0. The van der Waals surface area contributed by atoms with Gasteiger partial charge in [-0.2, -0.15) is 0 Å². The first kappa shape index (κ1) is 17.0. The molecule has 2 amide bonds. The number of hydrogen-bond donors (Lipinski definition) is 1. The van der Waals surface area contributed by atoms with Crippen LogP contribution in [0.4, 0.5) is 11.4 Å². The molecule has 0 bridgehead atoms. The Bertz CT molecular complexity index is 779. The highest BCUT2D eigenvalue weighted by atomic mass is 16.5. The Morgan fingerprint density at radius 3 is 2.44 bits per heavy atom. The van der Waals surface area contributed by atoms with Crippen LogP contribution in [0.3, 0.4) is 0 Å². The molecule has 3 rings (SSSR count). The van der Waals surface area contributed by atoms with Gasteiger partial charge in [-0.1, -0.05) is 44.2 Å². The van der Waals surface area contributed by atoms with Crippen molar-refractivity contribution in [3.63, 3.8) is 0 Å². The van der Waals surface area contributed by atoms with Gasteiger partial charge in [0.1, 0.15) is 12.3 Å². The minimum atomic E-state index is -0.214. The summed E-state index contributed by atoms with van der Waals surface area (Å²) in [6, 6.07) is 13.3. The third-order valence-electron chi connectivity index (χ3n) is 4.37. The van der Waals surface area contributed by atoms with Crippen LogP contribution in [-0.4, -0.2) is 25.0 Å². The molecule has 0 unspecified atom stereocenters. The van der Waals surface area contributed by atoms with Crippen LogP contribution in [0, 0.1) is 0 Å². The molecule has 130 valence electrons. The van der Waals surface area contributed by atoms with Crippen molar-refractivity contribution in [3.8, 4) is 5.75 Å². The third-order valence-corrected chi connectivity index (χ3v) is 4.37. The number of anilines is 2. The Hall–Kier alpha value is -2.82. The van der Waals surface area contributed by atoms with E-state index in [9.17, 15) is 9.59 Å². The van der Waals surface area contributed by atoms with Crippen molar-refractivity contribution in [2.75, 3.05) is 23.4 Å². The first-order valence-electron chi connectivity index (χ1n) is 8.56. The number of aryl methyl sites for hydroxylation is 2. The number of carbonyl (C=O) groups excluding carboxylic acids is 2. The lowest BCUT2D eigenvalue weighted by Crippen LogP contribution is -2.43. The van der Waals surface area contributed by atoms with Crippen LogP contribution in [0.15, 0.2) is 42.5 Å². The van der Waals surface area contributed by atoms with Crippen molar-refractivity contribution < 1.29 is 14.3 Å². The quantitative estimate of drug-likeness (QED) is 0.911. The van der Waals surface area contributed by atoms with E-state index in [1.165, 1.54) is 4.90 Å². The molecule has 5 heteroatoms. The lowest BCUT2D eigenvalue weighted by molar-refractivity contribution is -0.123. The molecule has 0 fully saturated rings. The fourth-order valence-electron chi connectivity index (χ4n) is 3.05. The molecule has 1 N–H and O–H groups in total. The molecule has 0 aliphatic carbocycles. The van der Waals surface area contributed by atoms with Crippen LogP contribution >= 0.6 is 0 Å². The standard InChI is InChI=1S/C20H22N2O3/c1-3-14-8-7-9-15(4-2)20(14)21-18(23)12-22-16-10-5-6-11-17(16)25-13-19(22)24/h5-11H,3-4,12-13H2,1-2H3,(H,21,23). The SMILES string of the molecule is CCc1cccc(CC)c1NC(=O)CN1C(=O)COc2ccccc21. The van der Waals surface area contributed by atoms with Crippen LogP contribution in [-0.2, 0) is 22.4 Å². The summed E-state index contributed by atoms with van der Waals surface area (Å²) in [5, 5.41) is 3.01. The minimum absolute atomic E-state index is 0.0274. The van der Waals surface area contributed by atoms with E-state index in [-0.39, 0.29) is 25.0 Å². The molecule has 0 spiro atoms. The topological polar surface area (TPSA) is 58.6 Å². The molecule has 1 aliphatic rings. The van der Waals surface area contributed by atoms with Crippen molar-refractivity contribution in [1.82, 2.24) is 0 Å². The molecule has 25 heavy (non-hydrogen) atoms. The smallest absolute Gasteiger partial charge is 0.265 e. The summed E-state index contributed by atoms with van der Waals surface area (Å²) in [4.78, 5) is 26.3. The summed E-state index contributed by atoms with van der Waals surface area (Å²) in [6.45, 7) is 4.05. The second-order valence-corrected chi connectivity index (χ2v) is 5.94. The molecule has 1 aliphatic heterocycles. The average molecular weight is 338 g/mol. The van der Waals surface area contributed by atoms with E-state index in [0.717, 1.165) is 29.7 Å². The number of nitrogens with one attached hydrogen (secondary N) is 1. The molecule has 2 aromatic rings. The molecular weight excluding hydrogens is 316 g/mol. The summed E-state index contributed by atoms with van der Waals surface area (Å²) < 4.78 is 5.42. The lowest BCUT2D eigenvalue weighted by Gasteiger charge is -2.29. The minimum Gasteiger partial charge on any atom is -0.482 e. The number of rotatable bonds is 5. The van der Waals surface area contributed by atoms with Crippen LogP contribution in [0.1, 0.15) is 25.0 Å². The van der Waals surface area contributed by atoms with Crippen LogP contribution < -0.4 is 15.0 Å². The highest BCUT2D eigenvalue weighted by Gasteiger charge is 2.27. The Morgan fingerprint density at radius 1 is 1.08 bits per heavy atom. The summed E-state index contributed by atoms with van der Waals surface area (Å²) in [5.74, 6) is 0.201. The van der Waals surface area contributed by atoms with E-state index in [4.69, 9.17) is 4.74 Å². The second-order valence-electron chi connectivity index (χ2n) is 5.94. The molecular formula is C20H22N2O3. The lowest BCUT2D eigenvalue weighted by atomic mass is 10.0. The van der Waals surface area contributed by atoms with Crippen LogP contribution in [0.5, 0.6) is 5.75 Å². The fourth-order valence-corrected chi connectivity index (χ4v) is 3.05. The molecule has 1 heterocycles. The Labute approximate surface area is 147 Å². The van der Waals surface area contributed by atoms with Crippen LogP contribution in [0.2, 0.25) is 0 Å². The largest absolute Gasteiger partial charge is 0.482 e. The van der Waals surface area contributed by atoms with E-state index in [2.05, 4.69) is 19.2 Å². The zero-order chi connectivity index (χ0) is 17.8. The molecule has 5 nitrogen and oxygen atoms in total. The monoisotopic (exact) mass is 338 g/mol. The van der Waals surface area contributed by atoms with Gasteiger partial charge in [0, 0.05) is 5.69 Å². The van der Waals surface area contributed by atoms with Gasteiger partial charge in [0.2, 0.25) is 5.91 Å². The number of benzene rings is 2. The summed E-state index contributed by atoms with van der Waals surface area (Å²) in [6.07, 6.45) is 1.67. The second kappa shape index (κ2) is 7.38. The van der Waals surface area contributed by atoms with Crippen molar-refractivity contribution in [2.24, 2.45) is 0 Å². The molecule has 0 radical (unpaired) electrons. The van der Waals surface area contributed by atoms with Gasteiger partial charge in [-0.25, -0.2) is 0 Å². The number of carbonyl (C=O) groups is 2. The van der Waals surface area contributed by atoms with Crippen molar-refractivity contribution in [3.05, 3.63) is 53.6 Å². The molecule has 0 saturated heterocycles. The van der Waals surface area contributed by atoms with Crippen molar-refractivity contribution in [1.29, 1.82) is 0 Å². The van der Waals surface area contributed by atoms with Gasteiger partial charge in [0.15, 0.2) is 6.61 Å². The van der Waals surface area contributed by atoms with Gasteiger partial charge in [-0.3, -0.25) is 14.5 Å². The van der Waals surface area contributed by atoms with Gasteiger partial charge >= 0.3 is 0 Å². The van der Waals surface area contributed by atoms with Crippen molar-refractivity contribution in [2.45, 2.75) is 26.7 Å². The van der Waals surface area contributed by atoms with E-state index in [0.29, 0.717) is 11.4 Å². The summed E-state index contributed by atoms with van der Waals surface area (Å²) in [7, 11) is 0. The normalized spacial score (nSPS) is 13.2. The van der Waals surface area contributed by atoms with E-state index in [1.807, 2.05) is 30.3 Å². The maximum Gasteiger partial charge on any atom is 0.265 e. The van der Waals surface area contributed by atoms with Gasteiger partial charge in [0.05, 0.1) is 5.69 Å². The van der Waals surface area contributed by atoms with Crippen LogP contribution in [0.25, 0.3) is 0 Å². The zero-order valence-electron chi connectivity index (χ0n) is 14.5. The Balaban J connectivity index is 1.81. The van der Waals surface area contributed by atoms with E-state index >= 15 is 0 Å². The number of amides is 2. The van der Waals surface area contributed by atoms with Gasteiger partial charge in [0.25, 0.3) is 5.91 Å². The first-order chi connectivity index (χ1) is 12.1. The number of ether oxygens (including phenoxy) is 1. The van der Waals surface area contributed by atoms with Gasteiger partial charge in [-0.15, -0.1) is 0 Å². The molecule has 2 aromatic carbocycles. The number of fused-ring (bicyclic) bond motifs is 1. The molecule has 0 saturated carbocycles. The Kier molecular flexibility index (Phi) is 5.03. The predicted molar refractivity (Wildman–Crippen MR) is 98.1 cm³/mol. The zero-order valence-corrected chi connectivity index (χ0v) is 14.5. The van der Waals surface area contributed by atoms with E-state index in [1.54, 1.807) is 12.1 Å². The fraction of sp³-hybridized carbons (Fsp3) is 0.300. The van der Waals surface area contributed by atoms with Gasteiger partial charge in [-0.05, 0) is 36.1 Å². The van der Waals surface area contributed by atoms with Crippen molar-refractivity contribution >= 4 is 23.2 Å². The third kappa shape index (κ3) is 3.50. The number of hydrogen-bond acceptors (Lipinski definition) is 3.